The van der Waals surface area contributed by atoms with Gasteiger partial charge in [-0.05, 0) is 0 Å². The molecule has 0 unspecified atom stereocenters. The molecule has 2 nitrogen and oxygen atoms in total. The van der Waals surface area contributed by atoms with Crippen LogP contribution in [-0.2, 0) is 0 Å². The predicted molar refractivity (Wildman–Crippen MR) is 96.9 cm³/mol. The van der Waals surface area contributed by atoms with Crippen LogP contribution in [0.15, 0.2) is 0 Å². The van der Waals surface area contributed by atoms with E-state index >= 15 is 0 Å². The van der Waals surface area contributed by atoms with E-state index < -0.39 is 6.39 Å². The summed E-state index contributed by atoms with van der Waals surface area (Å²) in [6.45, 7) is 4.53. The number of nitrogens with zero attached hydrogens (tertiary/aromatic N) is 2. The van der Waals surface area contributed by atoms with Gasteiger partial charge in [-0.3, -0.25) is 0 Å². The second kappa shape index (κ2) is 10.8. The first-order chi connectivity index (χ1) is 8.56. The van der Waals surface area contributed by atoms with Crippen molar-refractivity contribution in [1.29, 1.82) is 0 Å². The molecule has 0 aliphatic carbocycles. The molecule has 11 radical (unpaired) electrons. The van der Waals surface area contributed by atoms with Crippen molar-refractivity contribution in [2.24, 2.45) is 0 Å². The van der Waals surface area contributed by atoms with E-state index in [1.165, 1.54) is 13.9 Å². The van der Waals surface area contributed by atoms with Crippen LogP contribution in [0.4, 0.5) is 0 Å². The Kier molecular flexibility index (Phi) is 10.8. The van der Waals surface area contributed by atoms with E-state index in [0.29, 0.717) is 5.11 Å². The zero-order valence-corrected chi connectivity index (χ0v) is 10.8. The van der Waals surface area contributed by atoms with Gasteiger partial charge < -0.3 is 0 Å². The summed E-state index contributed by atoms with van der Waals surface area (Å²) >= 11 is 5.25. The quantitative estimate of drug-likeness (QED) is 0.337. The molecule has 0 saturated carbocycles. The molecular weight excluding hydrogens is 228 g/mol. The molecule has 0 saturated heterocycles. The van der Waals surface area contributed by atoms with Crippen molar-refractivity contribution in [3.8, 4) is 0 Å². The molecule has 13 heteroatoms. The van der Waals surface area contributed by atoms with Crippen molar-refractivity contribution in [3.05, 3.63) is 0 Å². The van der Waals surface area contributed by atoms with Gasteiger partial charge in [0.25, 0.3) is 0 Å². The summed E-state index contributed by atoms with van der Waals surface area (Å²) < 4.78 is 0. The summed E-state index contributed by atoms with van der Waals surface area (Å²) in [5.74, 6) is 0. The first kappa shape index (κ1) is 17.9. The zero-order chi connectivity index (χ0) is 14.0. The molecule has 0 atom stereocenters. The Morgan fingerprint density at radius 2 is 1.89 bits per heavy atom. The van der Waals surface area contributed by atoms with Crippen molar-refractivity contribution >= 4 is 108 Å². The summed E-state index contributed by atoms with van der Waals surface area (Å²) in [5.41, 5.74) is 0. The number of hydrogen-bond donors (Lipinski definition) is 0. The van der Waals surface area contributed by atoms with Gasteiger partial charge in [-0.1, -0.05) is 0 Å². The number of thiocarbonyl (C=S) groups is 1. The van der Waals surface area contributed by atoms with Crippen LogP contribution >= 0.6 is 12.2 Å². The van der Waals surface area contributed by atoms with Crippen LogP contribution < -0.4 is 0 Å². The molecule has 0 bridgehead atoms. The monoisotopic (exact) mass is 235 g/mol. The summed E-state index contributed by atoms with van der Waals surface area (Å²) in [6.07, 6.45) is 4.44. The van der Waals surface area contributed by atoms with Gasteiger partial charge in [0.2, 0.25) is 0 Å². The Balaban J connectivity index is 4.93. The Labute approximate surface area is 124 Å². The predicted octanol–water partition coefficient (Wildman–Crippen LogP) is -4.50. The molecule has 0 fully saturated rings. The van der Waals surface area contributed by atoms with E-state index in [2.05, 4.69) is 0 Å². The van der Waals surface area contributed by atoms with Crippen molar-refractivity contribution in [1.82, 2.24) is 9.80 Å². The third-order valence-electron chi connectivity index (χ3n) is 1.76. The first-order valence-corrected chi connectivity index (χ1v) is 5.56. The molecule has 0 aromatic heterocycles. The van der Waals surface area contributed by atoms with Gasteiger partial charge in [-0.15, -0.1) is 0 Å². The van der Waals surface area contributed by atoms with Crippen LogP contribution in [0, 0.1) is 0 Å². The van der Waals surface area contributed by atoms with E-state index in [1.54, 1.807) is 41.7 Å². The van der Waals surface area contributed by atoms with Crippen LogP contribution in [0.1, 0.15) is 0 Å². The van der Waals surface area contributed by atoms with Crippen LogP contribution in [-0.4, -0.2) is 112 Å². The molecule has 0 heterocycles. The first-order valence-electron chi connectivity index (χ1n) is 5.15. The van der Waals surface area contributed by atoms with Crippen molar-refractivity contribution < 1.29 is 0 Å². The molecule has 0 aromatic rings. The minimum absolute atomic E-state index is 0.186. The Morgan fingerprint density at radius 3 is 2.33 bits per heavy atom. The number of hydrogen-bond acceptors (Lipinski definition) is 1. The van der Waals surface area contributed by atoms with E-state index in [9.17, 15) is 0 Å². The second-order valence-corrected chi connectivity index (χ2v) is 3.50. The molecule has 0 amide bonds. The molecular formula is C5H5B10N2S. The van der Waals surface area contributed by atoms with E-state index in [0.717, 1.165) is 0 Å². The molecule has 0 aliphatic heterocycles. The molecule has 0 rings (SSSR count). The Morgan fingerprint density at radius 1 is 1.22 bits per heavy atom. The van der Waals surface area contributed by atoms with Crippen molar-refractivity contribution in [2.45, 2.75) is 0 Å². The van der Waals surface area contributed by atoms with Crippen LogP contribution in [0.2, 0.25) is 0 Å². The van der Waals surface area contributed by atoms with Crippen LogP contribution in [0.3, 0.4) is 0 Å². The fourth-order valence-electron chi connectivity index (χ4n) is 0.967. The Hall–Kier alpha value is -0.0506. The SMILES string of the molecule is [B][B]B=CN(C=BB([B])[B])C(=S)N(C=B[B])C[B]. The second-order valence-electron chi connectivity index (χ2n) is 3.14. The fraction of sp³-hybridized carbons (Fsp3) is 0.200. The van der Waals surface area contributed by atoms with Crippen molar-refractivity contribution in [2.75, 3.05) is 6.44 Å². The van der Waals surface area contributed by atoms with E-state index in [4.69, 9.17) is 51.0 Å². The molecule has 0 aliphatic rings. The fourth-order valence-corrected chi connectivity index (χ4v) is 1.22. The minimum atomic E-state index is -0.582. The summed E-state index contributed by atoms with van der Waals surface area (Å²) in [5, 5.41) is 0.411. The number of rotatable bonds is 6. The third-order valence-corrected chi connectivity index (χ3v) is 2.20. The molecule has 18 heavy (non-hydrogen) atoms. The Bertz CT molecular complexity index is 330. The van der Waals surface area contributed by atoms with Gasteiger partial charge in [0.15, 0.2) is 0 Å². The van der Waals surface area contributed by atoms with Crippen molar-refractivity contribution in [3.63, 3.8) is 0 Å². The van der Waals surface area contributed by atoms with E-state index in [-0.39, 0.29) is 6.44 Å². The van der Waals surface area contributed by atoms with Gasteiger partial charge in [0.05, 0.1) is 0 Å². The van der Waals surface area contributed by atoms with Gasteiger partial charge in [0, 0.05) is 0 Å². The molecule has 0 aromatic carbocycles. The third kappa shape index (κ3) is 7.40. The average molecular weight is 233 g/mol. The van der Waals surface area contributed by atoms with Crippen LogP contribution in [0.5, 0.6) is 0 Å². The maximum absolute atomic E-state index is 5.56. The van der Waals surface area contributed by atoms with Gasteiger partial charge in [-0.2, -0.15) is 0 Å². The zero-order valence-electron chi connectivity index (χ0n) is 10.0. The summed E-state index contributed by atoms with van der Waals surface area (Å²) in [6, 6.07) is 0. The van der Waals surface area contributed by atoms with Gasteiger partial charge in [-0.25, -0.2) is 0 Å². The normalized spacial score (nSPS) is 9.78. The summed E-state index contributed by atoms with van der Waals surface area (Å²) in [7, 11) is 28.4. The van der Waals surface area contributed by atoms with Crippen LogP contribution in [0.25, 0.3) is 0 Å². The summed E-state index contributed by atoms with van der Waals surface area (Å²) in [4.78, 5) is 3.17. The van der Waals surface area contributed by atoms with E-state index in [1.807, 2.05) is 0 Å². The molecule has 0 N–H and O–H groups in total. The molecule has 71 valence electrons. The van der Waals surface area contributed by atoms with Gasteiger partial charge in [0.1, 0.15) is 0 Å². The topological polar surface area (TPSA) is 6.48 Å². The molecule has 0 spiro atoms. The average Bonchev–Trinajstić information content (AvgIpc) is 2.35. The standard InChI is InChI=1S/C5H5B10N2S/c6-1-16(2-11-7)5(18)17(3-12-14-8)4-13-15(9)10/h2-4H,1H2. The maximum atomic E-state index is 5.56. The van der Waals surface area contributed by atoms with Gasteiger partial charge >= 0.3 is 125 Å².